The van der Waals surface area contributed by atoms with Crippen molar-refractivity contribution >= 4 is 33.4 Å². The van der Waals surface area contributed by atoms with Crippen LogP contribution in [0.25, 0.3) is 10.2 Å². The number of amides is 1. The van der Waals surface area contributed by atoms with Crippen LogP contribution in [0, 0.1) is 12.7 Å². The number of benzene rings is 2. The summed E-state index contributed by atoms with van der Waals surface area (Å²) in [5.74, 6) is -1.51. The Morgan fingerprint density at radius 2 is 2.00 bits per heavy atom. The van der Waals surface area contributed by atoms with E-state index in [1.54, 1.807) is 4.57 Å². The maximum Gasteiger partial charge on any atom is 0.325 e. The zero-order valence-electron chi connectivity index (χ0n) is 13.7. The third kappa shape index (κ3) is 3.51. The number of rotatable bonds is 3. The van der Waals surface area contributed by atoms with E-state index < -0.39 is 17.7 Å². The second-order valence-corrected chi connectivity index (χ2v) is 6.40. The molecular weight excluding hydrogens is 343 g/mol. The molecule has 0 atom stereocenters. The van der Waals surface area contributed by atoms with Gasteiger partial charge in [0.1, 0.15) is 12.4 Å². The summed E-state index contributed by atoms with van der Waals surface area (Å²) >= 11 is 1.29. The highest BCUT2D eigenvalue weighted by Gasteiger charge is 2.14. The Morgan fingerprint density at radius 3 is 2.72 bits per heavy atom. The molecule has 5 nitrogen and oxygen atoms in total. The van der Waals surface area contributed by atoms with Crippen molar-refractivity contribution in [1.82, 2.24) is 4.57 Å². The van der Waals surface area contributed by atoms with Gasteiger partial charge in [0.15, 0.2) is 4.80 Å². The number of hydrogen-bond acceptors (Lipinski definition) is 4. The molecule has 0 radical (unpaired) electrons. The monoisotopic (exact) mass is 358 g/mol. The molecule has 0 saturated carbocycles. The van der Waals surface area contributed by atoms with Gasteiger partial charge in [-0.15, -0.1) is 0 Å². The molecule has 0 aliphatic heterocycles. The van der Waals surface area contributed by atoms with Crippen molar-refractivity contribution in [1.29, 1.82) is 0 Å². The lowest BCUT2D eigenvalue weighted by Crippen LogP contribution is -2.22. The minimum atomic E-state index is -0.567. The number of nitrogens with zero attached hydrogens (tertiary/aromatic N) is 2. The van der Waals surface area contributed by atoms with Gasteiger partial charge in [-0.1, -0.05) is 29.5 Å². The van der Waals surface area contributed by atoms with Crippen LogP contribution in [0.1, 0.15) is 15.9 Å². The smallest absolute Gasteiger partial charge is 0.325 e. The third-order valence-electron chi connectivity index (χ3n) is 3.69. The molecule has 0 aliphatic carbocycles. The maximum atomic E-state index is 13.3. The number of hydrogen-bond donors (Lipinski definition) is 0. The number of methoxy groups -OCH3 is 1. The molecule has 0 bridgehead atoms. The molecular formula is C18H15FN2O3S. The average Bonchev–Trinajstić information content (AvgIpc) is 2.93. The second-order valence-electron chi connectivity index (χ2n) is 5.40. The van der Waals surface area contributed by atoms with Crippen LogP contribution in [-0.2, 0) is 16.1 Å². The van der Waals surface area contributed by atoms with Gasteiger partial charge >= 0.3 is 5.97 Å². The first-order valence-electron chi connectivity index (χ1n) is 7.50. The largest absolute Gasteiger partial charge is 0.468 e. The molecule has 0 fully saturated rings. The summed E-state index contributed by atoms with van der Waals surface area (Å²) in [6.07, 6.45) is 0. The highest BCUT2D eigenvalue weighted by atomic mass is 32.1. The van der Waals surface area contributed by atoms with Crippen molar-refractivity contribution in [3.63, 3.8) is 0 Å². The molecule has 3 rings (SSSR count). The summed E-state index contributed by atoms with van der Waals surface area (Å²) in [5, 5.41) is 0. The number of carbonyl (C=O) groups excluding carboxylic acids is 2. The minimum Gasteiger partial charge on any atom is -0.468 e. The second kappa shape index (κ2) is 6.98. The lowest BCUT2D eigenvalue weighted by atomic mass is 10.2. The van der Waals surface area contributed by atoms with Gasteiger partial charge in [-0.3, -0.25) is 9.59 Å². The number of esters is 1. The van der Waals surface area contributed by atoms with E-state index in [1.807, 2.05) is 25.1 Å². The van der Waals surface area contributed by atoms with E-state index in [0.717, 1.165) is 21.8 Å². The van der Waals surface area contributed by atoms with Crippen molar-refractivity contribution in [3.8, 4) is 0 Å². The normalized spacial score (nSPS) is 11.7. The Morgan fingerprint density at radius 1 is 1.24 bits per heavy atom. The summed E-state index contributed by atoms with van der Waals surface area (Å²) in [4.78, 5) is 28.6. The molecule has 0 aliphatic rings. The molecule has 25 heavy (non-hydrogen) atoms. The summed E-state index contributed by atoms with van der Waals surface area (Å²) in [5.41, 5.74) is 1.93. The number of thiazole rings is 1. The van der Waals surface area contributed by atoms with Crippen molar-refractivity contribution < 1.29 is 18.7 Å². The molecule has 7 heteroatoms. The highest BCUT2D eigenvalue weighted by molar-refractivity contribution is 7.16. The number of carbonyl (C=O) groups is 2. The van der Waals surface area contributed by atoms with Gasteiger partial charge in [-0.05, 0) is 36.8 Å². The zero-order valence-corrected chi connectivity index (χ0v) is 14.5. The van der Waals surface area contributed by atoms with Crippen LogP contribution in [0.5, 0.6) is 0 Å². The maximum absolute atomic E-state index is 13.3. The number of fused-ring (bicyclic) bond motifs is 1. The lowest BCUT2D eigenvalue weighted by molar-refractivity contribution is -0.141. The van der Waals surface area contributed by atoms with Crippen LogP contribution < -0.4 is 4.80 Å². The van der Waals surface area contributed by atoms with Crippen LogP contribution >= 0.6 is 11.3 Å². The van der Waals surface area contributed by atoms with Gasteiger partial charge in [0.05, 0.1) is 17.3 Å². The summed E-state index contributed by atoms with van der Waals surface area (Å²) < 4.78 is 20.6. The Balaban J connectivity index is 2.17. The van der Waals surface area contributed by atoms with Crippen molar-refractivity contribution in [3.05, 3.63) is 64.2 Å². The number of aromatic nitrogens is 1. The highest BCUT2D eigenvalue weighted by Crippen LogP contribution is 2.21. The van der Waals surface area contributed by atoms with Crippen molar-refractivity contribution in [2.24, 2.45) is 4.99 Å². The molecule has 1 amide bonds. The molecule has 1 heterocycles. The fourth-order valence-corrected chi connectivity index (χ4v) is 3.61. The van der Waals surface area contributed by atoms with E-state index in [-0.39, 0.29) is 12.1 Å². The quantitative estimate of drug-likeness (QED) is 0.676. The van der Waals surface area contributed by atoms with Crippen LogP contribution in [-0.4, -0.2) is 23.6 Å². The molecule has 2 aromatic carbocycles. The summed E-state index contributed by atoms with van der Waals surface area (Å²) in [6.45, 7) is 1.86. The fourth-order valence-electron chi connectivity index (χ4n) is 2.51. The predicted molar refractivity (Wildman–Crippen MR) is 92.9 cm³/mol. The van der Waals surface area contributed by atoms with Crippen LogP contribution in [0.4, 0.5) is 4.39 Å². The molecule has 0 unspecified atom stereocenters. The van der Waals surface area contributed by atoms with E-state index >= 15 is 0 Å². The molecule has 128 valence electrons. The van der Waals surface area contributed by atoms with Gasteiger partial charge in [-0.25, -0.2) is 4.39 Å². The van der Waals surface area contributed by atoms with Crippen LogP contribution in [0.2, 0.25) is 0 Å². The summed E-state index contributed by atoms with van der Waals surface area (Å²) in [7, 11) is 1.30. The zero-order chi connectivity index (χ0) is 18.0. The van der Waals surface area contributed by atoms with E-state index in [1.165, 1.54) is 36.6 Å². The molecule has 0 saturated heterocycles. The fraction of sp³-hybridized carbons (Fsp3) is 0.167. The Bertz CT molecular complexity index is 1040. The number of aryl methyl sites for hydroxylation is 1. The third-order valence-corrected chi connectivity index (χ3v) is 4.73. The first-order valence-corrected chi connectivity index (χ1v) is 8.31. The topological polar surface area (TPSA) is 60.7 Å². The SMILES string of the molecule is COC(=O)Cn1c(=NC(=O)c2cccc(F)c2)sc2cccc(C)c21. The van der Waals surface area contributed by atoms with E-state index in [0.29, 0.717) is 4.80 Å². The van der Waals surface area contributed by atoms with Crippen molar-refractivity contribution in [2.45, 2.75) is 13.5 Å². The first-order chi connectivity index (χ1) is 12.0. The average molecular weight is 358 g/mol. The molecule has 3 aromatic rings. The summed E-state index contributed by atoms with van der Waals surface area (Å²) in [6, 6.07) is 11.1. The number of para-hydroxylation sites is 1. The number of ether oxygens (including phenoxy) is 1. The van der Waals surface area contributed by atoms with Gasteiger partial charge in [0.2, 0.25) is 0 Å². The van der Waals surface area contributed by atoms with Crippen LogP contribution in [0.15, 0.2) is 47.5 Å². The molecule has 1 aromatic heterocycles. The van der Waals surface area contributed by atoms with Gasteiger partial charge in [0.25, 0.3) is 5.91 Å². The lowest BCUT2D eigenvalue weighted by Gasteiger charge is -2.05. The standard InChI is InChI=1S/C18H15FN2O3S/c1-11-5-3-8-14-16(11)21(10-15(22)24-2)18(25-14)20-17(23)12-6-4-7-13(19)9-12/h3-9H,10H2,1-2H3. The van der Waals surface area contributed by atoms with Gasteiger partial charge in [-0.2, -0.15) is 4.99 Å². The Hall–Kier alpha value is -2.80. The van der Waals surface area contributed by atoms with Crippen LogP contribution in [0.3, 0.4) is 0 Å². The Kier molecular flexibility index (Phi) is 4.76. The van der Waals surface area contributed by atoms with E-state index in [2.05, 4.69) is 4.99 Å². The molecule has 0 N–H and O–H groups in total. The number of halogens is 1. The van der Waals surface area contributed by atoms with Gasteiger partial charge < -0.3 is 9.30 Å². The van der Waals surface area contributed by atoms with E-state index in [4.69, 9.17) is 4.74 Å². The predicted octanol–water partition coefficient (Wildman–Crippen LogP) is 3.06. The van der Waals surface area contributed by atoms with Crippen molar-refractivity contribution in [2.75, 3.05) is 7.11 Å². The van der Waals surface area contributed by atoms with E-state index in [9.17, 15) is 14.0 Å². The first kappa shape index (κ1) is 17.0. The minimum absolute atomic E-state index is 0.0589. The molecule has 0 spiro atoms. The Labute approximate surface area is 147 Å². The van der Waals surface area contributed by atoms with Gasteiger partial charge in [0, 0.05) is 5.56 Å².